The zero-order valence-corrected chi connectivity index (χ0v) is 8.39. The Morgan fingerprint density at radius 1 is 1.36 bits per heavy atom. The lowest BCUT2D eigenvalue weighted by Gasteiger charge is -2.27. The van der Waals surface area contributed by atoms with E-state index in [4.69, 9.17) is 9.47 Å². The van der Waals surface area contributed by atoms with E-state index >= 15 is 0 Å². The molecule has 2 aliphatic heterocycles. The molecule has 2 rings (SSSR count). The molecule has 2 heterocycles. The highest BCUT2D eigenvalue weighted by atomic mass is 16.6. The van der Waals surface area contributed by atoms with Crippen molar-refractivity contribution in [3.05, 3.63) is 12.7 Å². The molecule has 0 bridgehead atoms. The van der Waals surface area contributed by atoms with Crippen LogP contribution in [-0.4, -0.2) is 36.1 Å². The van der Waals surface area contributed by atoms with Crippen LogP contribution in [0.3, 0.4) is 0 Å². The van der Waals surface area contributed by atoms with Gasteiger partial charge in [0.15, 0.2) is 0 Å². The van der Waals surface area contributed by atoms with Gasteiger partial charge in [-0.25, -0.2) is 0 Å². The predicted octanol–water partition coefficient (Wildman–Crippen LogP) is 1.26. The molecular weight excluding hydrogens is 180 g/mol. The maximum absolute atomic E-state index is 9.64. The second kappa shape index (κ2) is 4.43. The van der Waals surface area contributed by atoms with Crippen molar-refractivity contribution in [3.63, 3.8) is 0 Å². The molecule has 3 nitrogen and oxygen atoms in total. The van der Waals surface area contributed by atoms with E-state index in [0.29, 0.717) is 6.10 Å². The van der Waals surface area contributed by atoms with Crippen LogP contribution in [0.2, 0.25) is 0 Å². The third-order valence-corrected chi connectivity index (χ3v) is 3.00. The number of aliphatic hydroxyl groups excluding tert-OH is 1. The number of aliphatic hydroxyl groups is 1. The molecule has 0 spiro atoms. The molecule has 0 unspecified atom stereocenters. The monoisotopic (exact) mass is 198 g/mol. The van der Waals surface area contributed by atoms with Crippen molar-refractivity contribution >= 4 is 0 Å². The number of hydrogen-bond acceptors (Lipinski definition) is 3. The summed E-state index contributed by atoms with van der Waals surface area (Å²) < 4.78 is 10.8. The van der Waals surface area contributed by atoms with Gasteiger partial charge in [-0.15, -0.1) is 6.58 Å². The summed E-state index contributed by atoms with van der Waals surface area (Å²) in [5, 5.41) is 9.64. The standard InChI is InChI=1S/C11H18O3/c1-2-9-11(14-9)6-5-10-8(12)4-3-7-13-10/h2,8-12H,1,3-7H2/t8-,9-,10+,11-/m1/s1. The molecule has 14 heavy (non-hydrogen) atoms. The molecular formula is C11H18O3. The van der Waals surface area contributed by atoms with Crippen molar-refractivity contribution in [2.24, 2.45) is 0 Å². The van der Waals surface area contributed by atoms with E-state index in [9.17, 15) is 5.11 Å². The molecule has 0 amide bonds. The first-order chi connectivity index (χ1) is 6.81. The largest absolute Gasteiger partial charge is 0.390 e. The van der Waals surface area contributed by atoms with E-state index in [-0.39, 0.29) is 18.3 Å². The van der Waals surface area contributed by atoms with E-state index in [2.05, 4.69) is 6.58 Å². The second-order valence-corrected chi connectivity index (χ2v) is 4.07. The lowest BCUT2D eigenvalue weighted by molar-refractivity contribution is -0.0779. The Balaban J connectivity index is 1.67. The molecule has 0 saturated carbocycles. The van der Waals surface area contributed by atoms with Crippen molar-refractivity contribution in [3.8, 4) is 0 Å². The Morgan fingerprint density at radius 3 is 2.79 bits per heavy atom. The lowest BCUT2D eigenvalue weighted by atomic mass is 10.00. The number of epoxide rings is 1. The van der Waals surface area contributed by atoms with Crippen molar-refractivity contribution in [2.75, 3.05) is 6.61 Å². The highest BCUT2D eigenvalue weighted by Crippen LogP contribution is 2.29. The SMILES string of the molecule is C=C[C@H]1O[C@@H]1CC[C@@H]1OCCC[C@H]1O. The molecule has 4 atom stereocenters. The average Bonchev–Trinajstić information content (AvgIpc) is 2.95. The van der Waals surface area contributed by atoms with E-state index in [0.717, 1.165) is 32.3 Å². The van der Waals surface area contributed by atoms with Gasteiger partial charge in [0.05, 0.1) is 18.3 Å². The second-order valence-electron chi connectivity index (χ2n) is 4.07. The van der Waals surface area contributed by atoms with E-state index in [1.165, 1.54) is 0 Å². The van der Waals surface area contributed by atoms with Crippen LogP contribution < -0.4 is 0 Å². The summed E-state index contributed by atoms with van der Waals surface area (Å²) in [6.07, 6.45) is 5.88. The Morgan fingerprint density at radius 2 is 2.14 bits per heavy atom. The molecule has 2 aliphatic rings. The Labute approximate surface area is 84.7 Å². The van der Waals surface area contributed by atoms with Crippen LogP contribution in [0.15, 0.2) is 12.7 Å². The van der Waals surface area contributed by atoms with Gasteiger partial charge in [-0.05, 0) is 25.7 Å². The fourth-order valence-electron chi connectivity index (χ4n) is 2.02. The third-order valence-electron chi connectivity index (χ3n) is 3.00. The average molecular weight is 198 g/mol. The lowest BCUT2D eigenvalue weighted by Crippen LogP contribution is -2.34. The summed E-state index contributed by atoms with van der Waals surface area (Å²) >= 11 is 0. The number of hydrogen-bond donors (Lipinski definition) is 1. The summed E-state index contributed by atoms with van der Waals surface area (Å²) in [5.74, 6) is 0. The third kappa shape index (κ3) is 2.35. The first-order valence-corrected chi connectivity index (χ1v) is 5.39. The summed E-state index contributed by atoms with van der Waals surface area (Å²) in [6, 6.07) is 0. The van der Waals surface area contributed by atoms with Crippen molar-refractivity contribution in [1.29, 1.82) is 0 Å². The highest BCUT2D eigenvalue weighted by Gasteiger charge is 2.36. The Kier molecular flexibility index (Phi) is 3.21. The number of rotatable bonds is 4. The maximum atomic E-state index is 9.64. The van der Waals surface area contributed by atoms with Gasteiger partial charge in [0.2, 0.25) is 0 Å². The molecule has 2 fully saturated rings. The first-order valence-electron chi connectivity index (χ1n) is 5.39. The quantitative estimate of drug-likeness (QED) is 0.546. The smallest absolute Gasteiger partial charge is 0.102 e. The summed E-state index contributed by atoms with van der Waals surface area (Å²) in [5.41, 5.74) is 0. The first kappa shape index (κ1) is 10.1. The van der Waals surface area contributed by atoms with Crippen molar-refractivity contribution in [2.45, 2.75) is 50.1 Å². The highest BCUT2D eigenvalue weighted by molar-refractivity contribution is 4.98. The molecule has 0 aromatic carbocycles. The van der Waals surface area contributed by atoms with Gasteiger partial charge in [0.1, 0.15) is 6.10 Å². The topological polar surface area (TPSA) is 42.0 Å². The van der Waals surface area contributed by atoms with Gasteiger partial charge in [-0.2, -0.15) is 0 Å². The van der Waals surface area contributed by atoms with Gasteiger partial charge >= 0.3 is 0 Å². The number of ether oxygens (including phenoxy) is 2. The van der Waals surface area contributed by atoms with Crippen LogP contribution in [0, 0.1) is 0 Å². The molecule has 0 aromatic rings. The van der Waals surface area contributed by atoms with Crippen LogP contribution in [-0.2, 0) is 9.47 Å². The molecule has 0 radical (unpaired) electrons. The molecule has 0 aliphatic carbocycles. The maximum Gasteiger partial charge on any atom is 0.102 e. The van der Waals surface area contributed by atoms with Crippen molar-refractivity contribution in [1.82, 2.24) is 0 Å². The van der Waals surface area contributed by atoms with Gasteiger partial charge in [-0.1, -0.05) is 6.08 Å². The van der Waals surface area contributed by atoms with Crippen LogP contribution in [0.4, 0.5) is 0 Å². The molecule has 80 valence electrons. The Hall–Kier alpha value is -0.380. The summed E-state index contributed by atoms with van der Waals surface area (Å²) in [4.78, 5) is 0. The minimum Gasteiger partial charge on any atom is -0.390 e. The van der Waals surface area contributed by atoms with Crippen molar-refractivity contribution < 1.29 is 14.6 Å². The molecule has 3 heteroatoms. The zero-order chi connectivity index (χ0) is 9.97. The van der Waals surface area contributed by atoms with Gasteiger partial charge in [0.25, 0.3) is 0 Å². The van der Waals surface area contributed by atoms with Gasteiger partial charge < -0.3 is 14.6 Å². The summed E-state index contributed by atoms with van der Waals surface area (Å²) in [7, 11) is 0. The van der Waals surface area contributed by atoms with E-state index < -0.39 is 0 Å². The fourth-order valence-corrected chi connectivity index (χ4v) is 2.02. The fraction of sp³-hybridized carbons (Fsp3) is 0.818. The zero-order valence-electron chi connectivity index (χ0n) is 8.39. The normalized spacial score (nSPS) is 42.1. The summed E-state index contributed by atoms with van der Waals surface area (Å²) in [6.45, 7) is 4.47. The van der Waals surface area contributed by atoms with Crippen LogP contribution in [0.1, 0.15) is 25.7 Å². The van der Waals surface area contributed by atoms with Crippen LogP contribution in [0.25, 0.3) is 0 Å². The van der Waals surface area contributed by atoms with E-state index in [1.54, 1.807) is 0 Å². The van der Waals surface area contributed by atoms with E-state index in [1.807, 2.05) is 6.08 Å². The van der Waals surface area contributed by atoms with Gasteiger partial charge in [-0.3, -0.25) is 0 Å². The minimum atomic E-state index is -0.273. The minimum absolute atomic E-state index is 0.0263. The predicted molar refractivity (Wildman–Crippen MR) is 53.1 cm³/mol. The van der Waals surface area contributed by atoms with Crippen LogP contribution >= 0.6 is 0 Å². The van der Waals surface area contributed by atoms with Crippen LogP contribution in [0.5, 0.6) is 0 Å². The molecule has 2 saturated heterocycles. The van der Waals surface area contributed by atoms with Gasteiger partial charge in [0, 0.05) is 6.61 Å². The molecule has 1 N–H and O–H groups in total. The Bertz CT molecular complexity index is 205. The molecule has 0 aromatic heterocycles.